The first-order valence-corrected chi connectivity index (χ1v) is 7.06. The Labute approximate surface area is 115 Å². The second kappa shape index (κ2) is 5.99. The second-order valence-electron chi connectivity index (χ2n) is 4.50. The molecule has 0 unspecified atom stereocenters. The smallest absolute Gasteiger partial charge is 0.165 e. The minimum atomic E-state index is -0.554. The Morgan fingerprint density at radius 1 is 1.44 bits per heavy atom. The predicted molar refractivity (Wildman–Crippen MR) is 73.2 cm³/mol. The zero-order chi connectivity index (χ0) is 13.1. The van der Waals surface area contributed by atoms with Crippen molar-refractivity contribution in [3.63, 3.8) is 0 Å². The van der Waals surface area contributed by atoms with E-state index in [9.17, 15) is 9.50 Å². The van der Waals surface area contributed by atoms with Crippen molar-refractivity contribution in [2.75, 3.05) is 26.2 Å². The number of benzene rings is 1. The molecule has 2 N–H and O–H groups in total. The summed E-state index contributed by atoms with van der Waals surface area (Å²) in [6.45, 7) is 5.76. The zero-order valence-electron chi connectivity index (χ0n) is 10.4. The van der Waals surface area contributed by atoms with Gasteiger partial charge in [-0.2, -0.15) is 0 Å². The molecule has 1 aromatic rings. The third-order valence-electron chi connectivity index (χ3n) is 3.43. The van der Waals surface area contributed by atoms with E-state index < -0.39 is 5.82 Å². The lowest BCUT2D eigenvalue weighted by atomic mass is 10.0. The quantitative estimate of drug-likeness (QED) is 0.900. The lowest BCUT2D eigenvalue weighted by Gasteiger charge is -2.35. The molecule has 0 aliphatic carbocycles. The van der Waals surface area contributed by atoms with Gasteiger partial charge in [0.1, 0.15) is 0 Å². The number of aromatic hydroxyl groups is 1. The topological polar surface area (TPSA) is 35.5 Å². The van der Waals surface area contributed by atoms with Crippen LogP contribution in [-0.2, 0) is 0 Å². The van der Waals surface area contributed by atoms with Gasteiger partial charge in [-0.05, 0) is 18.6 Å². The number of phenolic OH excluding ortho intramolecular Hbond substituents is 1. The number of phenols is 1. The summed E-state index contributed by atoms with van der Waals surface area (Å²) >= 11 is 3.42. The molecular weight excluding hydrogens is 299 g/mol. The molecule has 1 atom stereocenters. The first-order chi connectivity index (χ1) is 8.65. The lowest BCUT2D eigenvalue weighted by Crippen LogP contribution is -2.45. The van der Waals surface area contributed by atoms with Crippen LogP contribution in [0, 0.1) is 5.82 Å². The molecule has 18 heavy (non-hydrogen) atoms. The van der Waals surface area contributed by atoms with E-state index in [1.807, 2.05) is 0 Å². The number of halogens is 2. The first kappa shape index (κ1) is 13.8. The van der Waals surface area contributed by atoms with Crippen LogP contribution >= 0.6 is 15.9 Å². The summed E-state index contributed by atoms with van der Waals surface area (Å²) in [5.74, 6) is -0.781. The maximum Gasteiger partial charge on any atom is 0.165 e. The van der Waals surface area contributed by atoms with Gasteiger partial charge in [-0.15, -0.1) is 0 Å². The van der Waals surface area contributed by atoms with Crippen LogP contribution in [0.4, 0.5) is 4.39 Å². The summed E-state index contributed by atoms with van der Waals surface area (Å²) < 4.78 is 14.3. The monoisotopic (exact) mass is 316 g/mol. The molecule has 1 aliphatic heterocycles. The molecule has 1 heterocycles. The fourth-order valence-corrected chi connectivity index (χ4v) is 3.10. The van der Waals surface area contributed by atoms with Gasteiger partial charge in [0, 0.05) is 42.3 Å². The van der Waals surface area contributed by atoms with Crippen molar-refractivity contribution in [1.82, 2.24) is 10.2 Å². The van der Waals surface area contributed by atoms with Crippen LogP contribution in [-0.4, -0.2) is 36.2 Å². The van der Waals surface area contributed by atoms with E-state index in [0.717, 1.165) is 37.1 Å². The largest absolute Gasteiger partial charge is 0.505 e. The zero-order valence-corrected chi connectivity index (χ0v) is 12.0. The van der Waals surface area contributed by atoms with Crippen LogP contribution in [0.2, 0.25) is 0 Å². The number of piperazine rings is 1. The van der Waals surface area contributed by atoms with Crippen molar-refractivity contribution < 1.29 is 9.50 Å². The minimum Gasteiger partial charge on any atom is -0.505 e. The third kappa shape index (κ3) is 2.68. The van der Waals surface area contributed by atoms with Gasteiger partial charge in [-0.3, -0.25) is 4.90 Å². The van der Waals surface area contributed by atoms with Crippen molar-refractivity contribution >= 4 is 15.9 Å². The highest BCUT2D eigenvalue weighted by molar-refractivity contribution is 9.10. The van der Waals surface area contributed by atoms with Gasteiger partial charge in [0.15, 0.2) is 11.6 Å². The summed E-state index contributed by atoms with van der Waals surface area (Å²) in [5.41, 5.74) is 0.666. The molecule has 1 saturated heterocycles. The van der Waals surface area contributed by atoms with Crippen molar-refractivity contribution in [2.45, 2.75) is 19.4 Å². The lowest BCUT2D eigenvalue weighted by molar-refractivity contribution is 0.165. The molecular formula is C13H18BrFN2O. The maximum atomic E-state index is 13.5. The summed E-state index contributed by atoms with van der Waals surface area (Å²) in [6, 6.07) is 3.00. The summed E-state index contributed by atoms with van der Waals surface area (Å²) in [4.78, 5) is 2.29. The first-order valence-electron chi connectivity index (χ1n) is 6.26. The standard InChI is InChI=1S/C13H18BrFN2O/c1-2-11(17-7-5-16-6-8-17)12-9(14)3-4-10(15)13(12)18/h3-4,11,16,18H,2,5-8H2,1H3/t11-/m0/s1. The van der Waals surface area contributed by atoms with Crippen LogP contribution in [0.15, 0.2) is 16.6 Å². The van der Waals surface area contributed by atoms with E-state index in [1.165, 1.54) is 6.07 Å². The molecule has 2 rings (SSSR count). The van der Waals surface area contributed by atoms with E-state index in [0.29, 0.717) is 5.56 Å². The number of hydrogen-bond acceptors (Lipinski definition) is 3. The molecule has 0 radical (unpaired) electrons. The minimum absolute atomic E-state index is 0.0529. The average molecular weight is 317 g/mol. The highest BCUT2D eigenvalue weighted by atomic mass is 79.9. The van der Waals surface area contributed by atoms with Gasteiger partial charge in [0.2, 0.25) is 0 Å². The molecule has 0 bridgehead atoms. The fourth-order valence-electron chi connectivity index (χ4n) is 2.51. The van der Waals surface area contributed by atoms with E-state index in [-0.39, 0.29) is 11.8 Å². The molecule has 0 saturated carbocycles. The highest BCUT2D eigenvalue weighted by Crippen LogP contribution is 2.38. The van der Waals surface area contributed by atoms with E-state index in [1.54, 1.807) is 6.07 Å². The summed E-state index contributed by atoms with van der Waals surface area (Å²) in [7, 11) is 0. The summed E-state index contributed by atoms with van der Waals surface area (Å²) in [5, 5.41) is 13.3. The molecule has 0 spiro atoms. The van der Waals surface area contributed by atoms with Crippen molar-refractivity contribution in [3.8, 4) is 5.75 Å². The predicted octanol–water partition coefficient (Wildman–Crippen LogP) is 2.65. The average Bonchev–Trinajstić information content (AvgIpc) is 2.40. The Kier molecular flexibility index (Phi) is 4.59. The Morgan fingerprint density at radius 2 is 2.11 bits per heavy atom. The van der Waals surface area contributed by atoms with E-state index in [4.69, 9.17) is 0 Å². The van der Waals surface area contributed by atoms with Gasteiger partial charge in [0.25, 0.3) is 0 Å². The van der Waals surface area contributed by atoms with Crippen LogP contribution < -0.4 is 5.32 Å². The highest BCUT2D eigenvalue weighted by Gasteiger charge is 2.26. The van der Waals surface area contributed by atoms with Crippen LogP contribution in [0.5, 0.6) is 5.75 Å². The van der Waals surface area contributed by atoms with E-state index >= 15 is 0 Å². The molecule has 0 amide bonds. The number of nitrogens with one attached hydrogen (secondary N) is 1. The molecule has 0 aromatic heterocycles. The molecule has 1 fully saturated rings. The fraction of sp³-hybridized carbons (Fsp3) is 0.538. The van der Waals surface area contributed by atoms with Crippen LogP contribution in [0.25, 0.3) is 0 Å². The Hall–Kier alpha value is -0.650. The molecule has 100 valence electrons. The van der Waals surface area contributed by atoms with Gasteiger partial charge >= 0.3 is 0 Å². The SMILES string of the molecule is CC[C@@H](c1c(Br)ccc(F)c1O)N1CCNCC1. The Morgan fingerprint density at radius 3 is 2.72 bits per heavy atom. The molecule has 5 heteroatoms. The van der Waals surface area contributed by atoms with Crippen molar-refractivity contribution in [2.24, 2.45) is 0 Å². The van der Waals surface area contributed by atoms with Gasteiger partial charge in [-0.1, -0.05) is 22.9 Å². The molecule has 1 aliphatic rings. The van der Waals surface area contributed by atoms with Crippen LogP contribution in [0.1, 0.15) is 24.9 Å². The van der Waals surface area contributed by atoms with E-state index in [2.05, 4.69) is 33.1 Å². The van der Waals surface area contributed by atoms with Gasteiger partial charge in [-0.25, -0.2) is 4.39 Å². The maximum absolute atomic E-state index is 13.5. The number of nitrogens with zero attached hydrogens (tertiary/aromatic N) is 1. The third-order valence-corrected chi connectivity index (χ3v) is 4.12. The number of hydrogen-bond donors (Lipinski definition) is 2. The van der Waals surface area contributed by atoms with Crippen molar-refractivity contribution in [3.05, 3.63) is 28.0 Å². The summed E-state index contributed by atoms with van der Waals surface area (Å²) in [6.07, 6.45) is 0.843. The second-order valence-corrected chi connectivity index (χ2v) is 5.36. The van der Waals surface area contributed by atoms with Gasteiger partial charge < -0.3 is 10.4 Å². The normalized spacial score (nSPS) is 18.8. The molecule has 1 aromatic carbocycles. The Balaban J connectivity index is 2.34. The molecule has 3 nitrogen and oxygen atoms in total. The number of rotatable bonds is 3. The van der Waals surface area contributed by atoms with Crippen LogP contribution in [0.3, 0.4) is 0 Å². The van der Waals surface area contributed by atoms with Gasteiger partial charge in [0.05, 0.1) is 0 Å². The Bertz CT molecular complexity index is 422. The van der Waals surface area contributed by atoms with Crippen molar-refractivity contribution in [1.29, 1.82) is 0 Å².